The Bertz CT molecular complexity index is 755. The Morgan fingerprint density at radius 2 is 2.08 bits per heavy atom. The molecular weight excluding hydrogens is 376 g/mol. The lowest BCUT2D eigenvalue weighted by atomic mass is 10.3. The van der Waals surface area contributed by atoms with Gasteiger partial charge in [0.15, 0.2) is 6.61 Å². The molecule has 0 radical (unpaired) electrons. The van der Waals surface area contributed by atoms with Gasteiger partial charge in [-0.2, -0.15) is 11.3 Å². The van der Waals surface area contributed by atoms with Crippen LogP contribution in [0.5, 0.6) is 0 Å². The van der Waals surface area contributed by atoms with Gasteiger partial charge in [0, 0.05) is 23.9 Å². The number of nitrogens with one attached hydrogen (secondary N) is 1. The lowest BCUT2D eigenvalue weighted by molar-refractivity contribution is -0.143. The summed E-state index contributed by atoms with van der Waals surface area (Å²) < 4.78 is 9.84. The maximum absolute atomic E-state index is 12.2. The molecule has 0 aliphatic rings. The van der Waals surface area contributed by atoms with Crippen molar-refractivity contribution in [3.8, 4) is 10.6 Å². The van der Waals surface area contributed by atoms with Gasteiger partial charge in [-0.1, -0.05) is 0 Å². The second-order valence-electron chi connectivity index (χ2n) is 5.28. The Morgan fingerprint density at radius 1 is 1.27 bits per heavy atom. The van der Waals surface area contributed by atoms with Crippen molar-refractivity contribution in [2.45, 2.75) is 26.7 Å². The van der Waals surface area contributed by atoms with Crippen LogP contribution < -0.4 is 5.32 Å². The van der Waals surface area contributed by atoms with Crippen molar-refractivity contribution in [1.82, 2.24) is 10.3 Å². The molecule has 2 heterocycles. The number of ether oxygens (including phenoxy) is 2. The van der Waals surface area contributed by atoms with E-state index in [9.17, 15) is 14.4 Å². The van der Waals surface area contributed by atoms with Crippen molar-refractivity contribution in [1.29, 1.82) is 0 Å². The maximum atomic E-state index is 12.2. The summed E-state index contributed by atoms with van der Waals surface area (Å²) in [6, 6.07) is 1.93. The third-order valence-corrected chi connectivity index (χ3v) is 5.14. The number of aromatic nitrogens is 1. The van der Waals surface area contributed by atoms with Crippen LogP contribution >= 0.6 is 22.7 Å². The monoisotopic (exact) mass is 396 g/mol. The van der Waals surface area contributed by atoms with Crippen molar-refractivity contribution in [3.05, 3.63) is 27.4 Å². The van der Waals surface area contributed by atoms with Gasteiger partial charge in [0.2, 0.25) is 0 Å². The molecule has 0 fully saturated rings. The van der Waals surface area contributed by atoms with Crippen LogP contribution in [-0.2, 0) is 19.1 Å². The Morgan fingerprint density at radius 3 is 2.77 bits per heavy atom. The smallest absolute Gasteiger partial charge is 0.350 e. The number of carbonyl (C=O) groups is 3. The average molecular weight is 396 g/mol. The number of hydrogen-bond acceptors (Lipinski definition) is 8. The molecule has 0 aromatic carbocycles. The topological polar surface area (TPSA) is 94.6 Å². The molecule has 0 aliphatic carbocycles. The van der Waals surface area contributed by atoms with E-state index >= 15 is 0 Å². The highest BCUT2D eigenvalue weighted by Crippen LogP contribution is 2.29. The maximum Gasteiger partial charge on any atom is 0.350 e. The summed E-state index contributed by atoms with van der Waals surface area (Å²) in [5, 5.41) is 7.24. The van der Waals surface area contributed by atoms with E-state index in [2.05, 4.69) is 10.3 Å². The van der Waals surface area contributed by atoms with Gasteiger partial charge in [-0.25, -0.2) is 9.78 Å². The number of carbonyl (C=O) groups excluding carboxylic acids is 3. The number of esters is 2. The second-order valence-corrected chi connectivity index (χ2v) is 7.06. The van der Waals surface area contributed by atoms with Crippen molar-refractivity contribution < 1.29 is 23.9 Å². The van der Waals surface area contributed by atoms with Crippen LogP contribution in [0, 0.1) is 6.92 Å². The van der Waals surface area contributed by atoms with E-state index in [1.165, 1.54) is 11.3 Å². The number of nitrogens with zero attached hydrogens (tertiary/aromatic N) is 1. The highest BCUT2D eigenvalue weighted by Gasteiger charge is 2.18. The van der Waals surface area contributed by atoms with E-state index in [0.717, 1.165) is 10.6 Å². The van der Waals surface area contributed by atoms with Crippen molar-refractivity contribution in [3.63, 3.8) is 0 Å². The zero-order valence-corrected chi connectivity index (χ0v) is 16.2. The van der Waals surface area contributed by atoms with Crippen LogP contribution in [0.2, 0.25) is 0 Å². The molecule has 26 heavy (non-hydrogen) atoms. The molecule has 7 nitrogen and oxygen atoms in total. The summed E-state index contributed by atoms with van der Waals surface area (Å²) in [6.07, 6.45) is 0.704. The summed E-state index contributed by atoms with van der Waals surface area (Å²) in [7, 11) is 0. The Hall–Kier alpha value is -2.26. The predicted molar refractivity (Wildman–Crippen MR) is 99.3 cm³/mol. The number of hydrogen-bond donors (Lipinski definition) is 1. The summed E-state index contributed by atoms with van der Waals surface area (Å²) >= 11 is 2.80. The van der Waals surface area contributed by atoms with E-state index < -0.39 is 11.9 Å². The van der Waals surface area contributed by atoms with Gasteiger partial charge in [-0.15, -0.1) is 11.3 Å². The molecule has 1 amide bonds. The molecule has 2 aromatic heterocycles. The van der Waals surface area contributed by atoms with E-state index in [0.29, 0.717) is 30.1 Å². The summed E-state index contributed by atoms with van der Waals surface area (Å²) in [5.41, 5.74) is 1.54. The molecule has 0 bridgehead atoms. The first-order chi connectivity index (χ1) is 12.5. The third kappa shape index (κ3) is 5.92. The van der Waals surface area contributed by atoms with Crippen LogP contribution in [0.3, 0.4) is 0 Å². The zero-order valence-electron chi connectivity index (χ0n) is 14.6. The van der Waals surface area contributed by atoms with Gasteiger partial charge < -0.3 is 14.8 Å². The van der Waals surface area contributed by atoms with Crippen molar-refractivity contribution in [2.24, 2.45) is 0 Å². The molecular formula is C17H20N2O5S2. The lowest BCUT2D eigenvalue weighted by Crippen LogP contribution is -2.30. The standard InChI is InChI=1S/C17H20N2O5S2/c1-3-23-14(21)5-4-7-18-13(20)9-24-17(22)15-11(2)19-16(26-15)12-6-8-25-10-12/h6,8,10H,3-5,7,9H2,1-2H3,(H,18,20). The van der Waals surface area contributed by atoms with E-state index in [-0.39, 0.29) is 19.0 Å². The van der Waals surface area contributed by atoms with Gasteiger partial charge >= 0.3 is 11.9 Å². The Labute approximate surface area is 159 Å². The minimum Gasteiger partial charge on any atom is -0.466 e. The molecule has 0 saturated carbocycles. The number of thiazole rings is 1. The third-order valence-electron chi connectivity index (χ3n) is 3.27. The van der Waals surface area contributed by atoms with Crippen molar-refractivity contribution in [2.75, 3.05) is 19.8 Å². The molecule has 140 valence electrons. The molecule has 2 rings (SSSR count). The first-order valence-corrected chi connectivity index (χ1v) is 9.86. The van der Waals surface area contributed by atoms with Crippen LogP contribution in [0.25, 0.3) is 10.6 Å². The summed E-state index contributed by atoms with van der Waals surface area (Å²) in [4.78, 5) is 39.8. The number of thiophene rings is 1. The summed E-state index contributed by atoms with van der Waals surface area (Å²) in [6.45, 7) is 3.76. The first kappa shape index (κ1) is 20.1. The highest BCUT2D eigenvalue weighted by molar-refractivity contribution is 7.17. The van der Waals surface area contributed by atoms with E-state index in [1.807, 2.05) is 16.8 Å². The zero-order chi connectivity index (χ0) is 18.9. The van der Waals surface area contributed by atoms with E-state index in [1.54, 1.807) is 25.2 Å². The van der Waals surface area contributed by atoms with Gasteiger partial charge in [0.1, 0.15) is 9.88 Å². The van der Waals surface area contributed by atoms with Crippen molar-refractivity contribution >= 4 is 40.5 Å². The minimum atomic E-state index is -0.567. The molecule has 0 saturated heterocycles. The van der Waals surface area contributed by atoms with Crippen LogP contribution in [-0.4, -0.2) is 42.6 Å². The highest BCUT2D eigenvalue weighted by atomic mass is 32.1. The Balaban J connectivity index is 1.74. The van der Waals surface area contributed by atoms with Gasteiger partial charge in [0.05, 0.1) is 12.3 Å². The second kappa shape index (κ2) is 10.0. The largest absolute Gasteiger partial charge is 0.466 e. The number of amides is 1. The fourth-order valence-corrected chi connectivity index (χ4v) is 3.71. The SMILES string of the molecule is CCOC(=O)CCCNC(=O)COC(=O)c1sc(-c2ccsc2)nc1C. The normalized spacial score (nSPS) is 10.4. The number of rotatable bonds is 9. The molecule has 2 aromatic rings. The van der Waals surface area contributed by atoms with Gasteiger partial charge in [0.25, 0.3) is 5.91 Å². The van der Waals surface area contributed by atoms with Gasteiger partial charge in [-0.05, 0) is 31.7 Å². The molecule has 0 aliphatic heterocycles. The van der Waals surface area contributed by atoms with Gasteiger partial charge in [-0.3, -0.25) is 9.59 Å². The van der Waals surface area contributed by atoms with E-state index in [4.69, 9.17) is 9.47 Å². The number of aryl methyl sites for hydroxylation is 1. The minimum absolute atomic E-state index is 0.235. The lowest BCUT2D eigenvalue weighted by Gasteiger charge is -2.06. The fourth-order valence-electron chi connectivity index (χ4n) is 2.04. The Kier molecular flexibility index (Phi) is 7.73. The molecule has 0 unspecified atom stereocenters. The fraction of sp³-hybridized carbons (Fsp3) is 0.412. The molecule has 0 atom stereocenters. The van der Waals surface area contributed by atoms with Crippen LogP contribution in [0.15, 0.2) is 16.8 Å². The van der Waals surface area contributed by atoms with Crippen LogP contribution in [0.1, 0.15) is 35.1 Å². The van der Waals surface area contributed by atoms with Crippen LogP contribution in [0.4, 0.5) is 0 Å². The molecule has 0 spiro atoms. The molecule has 9 heteroatoms. The summed E-state index contributed by atoms with van der Waals surface area (Å²) in [5.74, 6) is -1.28. The quantitative estimate of drug-likeness (QED) is 0.517. The predicted octanol–water partition coefficient (Wildman–Crippen LogP) is 2.80. The average Bonchev–Trinajstić information content (AvgIpc) is 3.26. The molecule has 1 N–H and O–H groups in total. The first-order valence-electron chi connectivity index (χ1n) is 8.10.